The van der Waals surface area contributed by atoms with Crippen molar-refractivity contribution in [1.29, 1.82) is 0 Å². The van der Waals surface area contributed by atoms with Crippen LogP contribution in [-0.4, -0.2) is 37.0 Å². The Labute approximate surface area is 198 Å². The number of ether oxygens (including phenoxy) is 1. The van der Waals surface area contributed by atoms with Gasteiger partial charge < -0.3 is 9.72 Å². The number of benzene rings is 2. The quantitative estimate of drug-likeness (QED) is 0.431. The van der Waals surface area contributed by atoms with Gasteiger partial charge in [-0.25, -0.2) is 13.1 Å². The fraction of sp³-hybridized carbons (Fsp3) is 0.200. The van der Waals surface area contributed by atoms with Crippen LogP contribution >= 0.6 is 0 Å². The second kappa shape index (κ2) is 8.83. The third-order valence-corrected chi connectivity index (χ3v) is 6.84. The van der Waals surface area contributed by atoms with Gasteiger partial charge in [-0.2, -0.15) is 0 Å². The lowest BCUT2D eigenvalue weighted by molar-refractivity contribution is 0.242. The number of guanidine groups is 1. The van der Waals surface area contributed by atoms with Crippen LogP contribution in [0.5, 0.6) is 5.75 Å². The van der Waals surface area contributed by atoms with Crippen molar-refractivity contribution in [2.24, 2.45) is 4.99 Å². The largest absolute Gasteiger partial charge is 0.491 e. The van der Waals surface area contributed by atoms with E-state index in [0.29, 0.717) is 24.4 Å². The zero-order chi connectivity index (χ0) is 23.7. The zero-order valence-electron chi connectivity index (χ0n) is 18.9. The maximum Gasteiger partial charge on any atom is 0.267 e. The molecule has 0 fully saturated rings. The summed E-state index contributed by atoms with van der Waals surface area (Å²) < 4.78 is 34.4. The van der Waals surface area contributed by atoms with Gasteiger partial charge in [-0.3, -0.25) is 14.9 Å². The van der Waals surface area contributed by atoms with Crippen LogP contribution in [-0.2, 0) is 16.4 Å². The molecule has 1 aliphatic rings. The molecule has 0 amide bonds. The first kappa shape index (κ1) is 22.0. The molecule has 4 aromatic rings. The summed E-state index contributed by atoms with van der Waals surface area (Å²) in [5.41, 5.74) is 3.41. The molecule has 3 heterocycles. The van der Waals surface area contributed by atoms with Crippen molar-refractivity contribution in [2.45, 2.75) is 31.3 Å². The van der Waals surface area contributed by atoms with E-state index in [4.69, 9.17) is 4.74 Å². The highest BCUT2D eigenvalue weighted by Gasteiger charge is 2.33. The van der Waals surface area contributed by atoms with E-state index in [2.05, 4.69) is 25.7 Å². The molecule has 0 unspecified atom stereocenters. The zero-order valence-corrected chi connectivity index (χ0v) is 19.7. The van der Waals surface area contributed by atoms with Crippen molar-refractivity contribution in [3.63, 3.8) is 0 Å². The van der Waals surface area contributed by atoms with E-state index in [0.717, 1.165) is 22.2 Å². The highest BCUT2D eigenvalue weighted by molar-refractivity contribution is 7.90. The minimum atomic E-state index is -3.80. The molecule has 1 aliphatic heterocycles. The Balaban J connectivity index is 1.53. The van der Waals surface area contributed by atoms with E-state index in [1.807, 2.05) is 62.5 Å². The van der Waals surface area contributed by atoms with Gasteiger partial charge in [0.05, 0.1) is 17.5 Å². The van der Waals surface area contributed by atoms with Crippen LogP contribution in [0.3, 0.4) is 0 Å². The number of aromatic amines is 1. The Morgan fingerprint density at radius 1 is 1.12 bits per heavy atom. The number of fused-ring (bicyclic) bond motifs is 2. The summed E-state index contributed by atoms with van der Waals surface area (Å²) in [6, 6.07) is 17.3. The van der Waals surface area contributed by atoms with Crippen molar-refractivity contribution in [3.05, 3.63) is 78.8 Å². The van der Waals surface area contributed by atoms with Crippen molar-refractivity contribution in [2.75, 3.05) is 11.4 Å². The Hall–Kier alpha value is -3.85. The van der Waals surface area contributed by atoms with Gasteiger partial charge in [0.1, 0.15) is 10.6 Å². The molecule has 0 saturated heterocycles. The van der Waals surface area contributed by atoms with Crippen LogP contribution in [0.4, 0.5) is 11.4 Å². The topological polar surface area (TPSA) is 99.7 Å². The number of rotatable bonds is 6. The van der Waals surface area contributed by atoms with Crippen LogP contribution in [0.15, 0.2) is 83.1 Å². The minimum Gasteiger partial charge on any atom is -0.491 e. The third-order valence-electron chi connectivity index (χ3n) is 5.50. The van der Waals surface area contributed by atoms with Crippen LogP contribution in [0.25, 0.3) is 10.9 Å². The molecule has 0 spiro atoms. The van der Waals surface area contributed by atoms with Gasteiger partial charge in [0, 0.05) is 42.1 Å². The van der Waals surface area contributed by atoms with Crippen LogP contribution in [0, 0.1) is 0 Å². The molecule has 174 valence electrons. The molecule has 2 N–H and O–H groups in total. The molecule has 2 aromatic carbocycles. The Bertz CT molecular complexity index is 1480. The first-order chi connectivity index (χ1) is 16.4. The van der Waals surface area contributed by atoms with Gasteiger partial charge in [-0.05, 0) is 50.1 Å². The van der Waals surface area contributed by atoms with Gasteiger partial charge in [-0.15, -0.1) is 0 Å². The average Bonchev–Trinajstić information content (AvgIpc) is 3.22. The minimum absolute atomic E-state index is 0.0101. The van der Waals surface area contributed by atoms with E-state index >= 15 is 0 Å². The number of anilines is 2. The van der Waals surface area contributed by atoms with Crippen LogP contribution < -0.4 is 14.4 Å². The van der Waals surface area contributed by atoms with E-state index in [1.165, 1.54) is 6.20 Å². The fourth-order valence-corrected chi connectivity index (χ4v) is 5.19. The van der Waals surface area contributed by atoms with Gasteiger partial charge in [-0.1, -0.05) is 24.3 Å². The monoisotopic (exact) mass is 475 g/mol. The molecule has 2 aromatic heterocycles. The number of aliphatic imine (C=N–C) groups is 1. The van der Waals surface area contributed by atoms with Gasteiger partial charge in [0.15, 0.2) is 0 Å². The summed E-state index contributed by atoms with van der Waals surface area (Å²) in [5.74, 6) is 0.926. The second-order valence-corrected chi connectivity index (χ2v) is 9.91. The van der Waals surface area contributed by atoms with E-state index in [1.54, 1.807) is 17.2 Å². The number of para-hydroxylation sites is 1. The number of H-pyrrole nitrogens is 1. The predicted octanol–water partition coefficient (Wildman–Crippen LogP) is 4.38. The summed E-state index contributed by atoms with van der Waals surface area (Å²) in [6.07, 6.45) is 5.56. The molecule has 0 radical (unpaired) electrons. The summed E-state index contributed by atoms with van der Waals surface area (Å²) in [5, 5.41) is 1.14. The Morgan fingerprint density at radius 3 is 2.82 bits per heavy atom. The number of nitrogens with zero attached hydrogens (tertiary/aromatic N) is 3. The standard InChI is InChI=1S/C25H25N5O3S/c1-17(2)33-20-7-5-6-19(14-20)30-23-11-12-26-16-24(23)34(31,32)29-25(30)27-13-10-18-15-28-22-9-4-3-8-21(18)22/h3-9,11-12,14-17,28H,10,13H2,1-2H3,(H,27,29). The van der Waals surface area contributed by atoms with Crippen molar-refractivity contribution < 1.29 is 13.2 Å². The molecular formula is C25H25N5O3S. The summed E-state index contributed by atoms with van der Waals surface area (Å²) >= 11 is 0. The molecule has 8 nitrogen and oxygen atoms in total. The average molecular weight is 476 g/mol. The van der Waals surface area contributed by atoms with E-state index in [9.17, 15) is 8.42 Å². The predicted molar refractivity (Wildman–Crippen MR) is 133 cm³/mol. The first-order valence-corrected chi connectivity index (χ1v) is 12.5. The number of hydrogen-bond donors (Lipinski definition) is 2. The van der Waals surface area contributed by atoms with Crippen LogP contribution in [0.2, 0.25) is 0 Å². The van der Waals surface area contributed by atoms with Crippen molar-refractivity contribution in [3.8, 4) is 5.75 Å². The third kappa shape index (κ3) is 4.22. The molecule has 0 saturated carbocycles. The Morgan fingerprint density at radius 2 is 1.97 bits per heavy atom. The maximum atomic E-state index is 13.0. The number of pyridine rings is 1. The normalized spacial score (nSPS) is 16.0. The van der Waals surface area contributed by atoms with Gasteiger partial charge >= 0.3 is 0 Å². The lowest BCUT2D eigenvalue weighted by atomic mass is 10.1. The first-order valence-electron chi connectivity index (χ1n) is 11.1. The fourth-order valence-electron chi connectivity index (χ4n) is 4.05. The Kier molecular flexibility index (Phi) is 5.70. The van der Waals surface area contributed by atoms with Gasteiger partial charge in [0.2, 0.25) is 5.96 Å². The van der Waals surface area contributed by atoms with E-state index < -0.39 is 10.0 Å². The number of sulfonamides is 1. The molecule has 0 aliphatic carbocycles. The second-order valence-electron chi connectivity index (χ2n) is 8.26. The SMILES string of the molecule is CC(C)Oc1cccc(N2C(=NCCc3c[nH]c4ccccc34)NS(=O)(=O)c3cnccc32)c1. The van der Waals surface area contributed by atoms with E-state index in [-0.39, 0.29) is 17.0 Å². The van der Waals surface area contributed by atoms with Crippen molar-refractivity contribution in [1.82, 2.24) is 14.7 Å². The van der Waals surface area contributed by atoms with Crippen LogP contribution in [0.1, 0.15) is 19.4 Å². The summed E-state index contributed by atoms with van der Waals surface area (Å²) in [4.78, 5) is 13.9. The summed E-state index contributed by atoms with van der Waals surface area (Å²) in [6.45, 7) is 4.32. The highest BCUT2D eigenvalue weighted by atomic mass is 32.2. The molecule has 0 bridgehead atoms. The molecular weight excluding hydrogens is 450 g/mol. The van der Waals surface area contributed by atoms with Gasteiger partial charge in [0.25, 0.3) is 10.0 Å². The smallest absolute Gasteiger partial charge is 0.267 e. The maximum absolute atomic E-state index is 13.0. The lowest BCUT2D eigenvalue weighted by Crippen LogP contribution is -2.46. The molecule has 5 rings (SSSR count). The van der Waals surface area contributed by atoms with Crippen molar-refractivity contribution >= 4 is 38.3 Å². The molecule has 0 atom stereocenters. The summed E-state index contributed by atoms with van der Waals surface area (Å²) in [7, 11) is -3.80. The number of aromatic nitrogens is 2. The lowest BCUT2D eigenvalue weighted by Gasteiger charge is -2.32. The molecule has 34 heavy (non-hydrogen) atoms. The number of nitrogens with one attached hydrogen (secondary N) is 2. The number of hydrogen-bond acceptors (Lipinski definition) is 5. The highest BCUT2D eigenvalue weighted by Crippen LogP contribution is 2.36. The molecule has 9 heteroatoms.